The lowest BCUT2D eigenvalue weighted by Crippen LogP contribution is -2.45. The molecule has 0 radical (unpaired) electrons. The molecule has 0 amide bonds. The molecule has 1 aromatic carbocycles. The molecule has 0 aliphatic carbocycles. The number of piperidine rings is 1. The fourth-order valence-corrected chi connectivity index (χ4v) is 4.03. The number of methoxy groups -OCH3 is 1. The molecule has 21 heavy (non-hydrogen) atoms. The second-order valence-corrected chi connectivity index (χ2v) is 6.63. The fourth-order valence-electron chi connectivity index (χ4n) is 4.03. The Labute approximate surface area is 128 Å². The van der Waals surface area contributed by atoms with E-state index in [1.165, 1.54) is 49.9 Å². The second-order valence-electron chi connectivity index (χ2n) is 6.63. The van der Waals surface area contributed by atoms with Gasteiger partial charge in [-0.1, -0.05) is 18.6 Å². The van der Waals surface area contributed by atoms with Crippen molar-refractivity contribution in [3.8, 4) is 5.75 Å². The van der Waals surface area contributed by atoms with E-state index in [0.717, 1.165) is 11.8 Å². The zero-order valence-electron chi connectivity index (χ0n) is 13.6. The summed E-state index contributed by atoms with van der Waals surface area (Å²) in [5, 5.41) is 3.87. The summed E-state index contributed by atoms with van der Waals surface area (Å²) in [5.74, 6) is 1.01. The average Bonchev–Trinajstić information content (AvgIpc) is 2.90. The highest BCUT2D eigenvalue weighted by molar-refractivity contribution is 5.39. The number of fused-ring (bicyclic) bond motifs is 1. The van der Waals surface area contributed by atoms with Gasteiger partial charge in [-0.25, -0.2) is 0 Å². The first-order chi connectivity index (χ1) is 10.2. The smallest absolute Gasteiger partial charge is 0.123 e. The Hall–Kier alpha value is -1.06. The SMILES string of the molecule is COc1cc(C)ccc1C(C)NC1CCN2CCCCC12. The molecule has 1 N–H and O–H groups in total. The zero-order chi connectivity index (χ0) is 14.8. The fraction of sp³-hybridized carbons (Fsp3) is 0.667. The third-order valence-corrected chi connectivity index (χ3v) is 5.18. The van der Waals surface area contributed by atoms with Gasteiger partial charge in [-0.3, -0.25) is 4.90 Å². The Morgan fingerprint density at radius 3 is 2.90 bits per heavy atom. The van der Waals surface area contributed by atoms with Crippen molar-refractivity contribution in [1.29, 1.82) is 0 Å². The highest BCUT2D eigenvalue weighted by Gasteiger charge is 2.36. The van der Waals surface area contributed by atoms with Crippen molar-refractivity contribution in [1.82, 2.24) is 10.2 Å². The Balaban J connectivity index is 1.70. The van der Waals surface area contributed by atoms with E-state index in [-0.39, 0.29) is 0 Å². The van der Waals surface area contributed by atoms with Crippen LogP contribution in [-0.4, -0.2) is 37.2 Å². The van der Waals surface area contributed by atoms with Crippen molar-refractivity contribution >= 4 is 0 Å². The standard InChI is InChI=1S/C18H28N2O/c1-13-7-8-15(18(12-13)21-3)14(2)19-16-9-11-20-10-5-4-6-17(16)20/h7-8,12,14,16-17,19H,4-6,9-11H2,1-3H3. The van der Waals surface area contributed by atoms with Crippen LogP contribution in [0, 0.1) is 6.92 Å². The molecule has 0 saturated carbocycles. The largest absolute Gasteiger partial charge is 0.496 e. The van der Waals surface area contributed by atoms with Crippen LogP contribution in [0.5, 0.6) is 5.75 Å². The lowest BCUT2D eigenvalue weighted by Gasteiger charge is -2.34. The monoisotopic (exact) mass is 288 g/mol. The van der Waals surface area contributed by atoms with E-state index in [0.29, 0.717) is 12.1 Å². The lowest BCUT2D eigenvalue weighted by atomic mass is 9.97. The molecule has 1 aromatic rings. The van der Waals surface area contributed by atoms with Gasteiger partial charge in [0.05, 0.1) is 7.11 Å². The summed E-state index contributed by atoms with van der Waals surface area (Å²) in [7, 11) is 1.77. The summed E-state index contributed by atoms with van der Waals surface area (Å²) in [6.45, 7) is 6.94. The first kappa shape index (κ1) is 14.9. The maximum Gasteiger partial charge on any atom is 0.123 e. The first-order valence-electron chi connectivity index (χ1n) is 8.33. The van der Waals surface area contributed by atoms with Crippen LogP contribution in [0.2, 0.25) is 0 Å². The van der Waals surface area contributed by atoms with E-state index in [1.54, 1.807) is 7.11 Å². The number of aryl methyl sites for hydroxylation is 1. The van der Waals surface area contributed by atoms with Crippen LogP contribution in [0.3, 0.4) is 0 Å². The van der Waals surface area contributed by atoms with E-state index in [2.05, 4.69) is 42.3 Å². The van der Waals surface area contributed by atoms with Crippen molar-refractivity contribution in [2.75, 3.05) is 20.2 Å². The second kappa shape index (κ2) is 6.37. The third kappa shape index (κ3) is 3.09. The molecular formula is C18H28N2O. The molecule has 3 heteroatoms. The van der Waals surface area contributed by atoms with E-state index >= 15 is 0 Å². The molecule has 3 nitrogen and oxygen atoms in total. The third-order valence-electron chi connectivity index (χ3n) is 5.18. The molecular weight excluding hydrogens is 260 g/mol. The average molecular weight is 288 g/mol. The molecule has 2 aliphatic rings. The summed E-state index contributed by atoms with van der Waals surface area (Å²) in [4.78, 5) is 2.68. The van der Waals surface area contributed by atoms with Gasteiger partial charge in [-0.05, 0) is 51.3 Å². The van der Waals surface area contributed by atoms with Crippen molar-refractivity contribution in [3.05, 3.63) is 29.3 Å². The number of nitrogens with one attached hydrogen (secondary N) is 1. The molecule has 2 heterocycles. The Bertz CT molecular complexity index is 488. The Morgan fingerprint density at radius 1 is 1.24 bits per heavy atom. The van der Waals surface area contributed by atoms with Crippen LogP contribution in [0.15, 0.2) is 18.2 Å². The van der Waals surface area contributed by atoms with Crippen molar-refractivity contribution in [2.45, 2.75) is 57.7 Å². The molecule has 0 spiro atoms. The zero-order valence-corrected chi connectivity index (χ0v) is 13.6. The van der Waals surface area contributed by atoms with Crippen molar-refractivity contribution < 1.29 is 4.74 Å². The molecule has 0 aromatic heterocycles. The van der Waals surface area contributed by atoms with Gasteiger partial charge in [0.25, 0.3) is 0 Å². The van der Waals surface area contributed by atoms with Gasteiger partial charge in [0.15, 0.2) is 0 Å². The van der Waals surface area contributed by atoms with E-state index in [4.69, 9.17) is 4.74 Å². The molecule has 0 bridgehead atoms. The Morgan fingerprint density at radius 2 is 2.10 bits per heavy atom. The highest BCUT2D eigenvalue weighted by atomic mass is 16.5. The van der Waals surface area contributed by atoms with Gasteiger partial charge in [-0.2, -0.15) is 0 Å². The van der Waals surface area contributed by atoms with Crippen LogP contribution >= 0.6 is 0 Å². The lowest BCUT2D eigenvalue weighted by molar-refractivity contribution is 0.177. The minimum Gasteiger partial charge on any atom is -0.496 e. The van der Waals surface area contributed by atoms with Gasteiger partial charge in [0.1, 0.15) is 5.75 Å². The van der Waals surface area contributed by atoms with Crippen LogP contribution in [0.4, 0.5) is 0 Å². The van der Waals surface area contributed by atoms with E-state index in [9.17, 15) is 0 Å². The number of rotatable bonds is 4. The molecule has 3 unspecified atom stereocenters. The molecule has 116 valence electrons. The van der Waals surface area contributed by atoms with Crippen molar-refractivity contribution in [2.24, 2.45) is 0 Å². The van der Waals surface area contributed by atoms with E-state index < -0.39 is 0 Å². The summed E-state index contributed by atoms with van der Waals surface area (Å²) in [6, 6.07) is 8.24. The number of nitrogens with zero attached hydrogens (tertiary/aromatic N) is 1. The number of ether oxygens (including phenoxy) is 1. The Kier molecular flexibility index (Phi) is 4.51. The van der Waals surface area contributed by atoms with Crippen LogP contribution in [0.1, 0.15) is 49.8 Å². The number of hydrogen-bond acceptors (Lipinski definition) is 3. The van der Waals surface area contributed by atoms with Gasteiger partial charge < -0.3 is 10.1 Å². The summed E-state index contributed by atoms with van der Waals surface area (Å²) in [5.41, 5.74) is 2.53. The van der Waals surface area contributed by atoms with Crippen LogP contribution in [-0.2, 0) is 0 Å². The topological polar surface area (TPSA) is 24.5 Å². The summed E-state index contributed by atoms with van der Waals surface area (Å²) in [6.07, 6.45) is 5.41. The quantitative estimate of drug-likeness (QED) is 0.920. The maximum absolute atomic E-state index is 5.57. The predicted molar refractivity (Wildman–Crippen MR) is 86.9 cm³/mol. The molecule has 2 aliphatic heterocycles. The summed E-state index contributed by atoms with van der Waals surface area (Å²) < 4.78 is 5.57. The highest BCUT2D eigenvalue weighted by Crippen LogP contribution is 2.31. The molecule has 3 rings (SSSR count). The minimum atomic E-state index is 0.340. The van der Waals surface area contributed by atoms with Crippen LogP contribution < -0.4 is 10.1 Å². The summed E-state index contributed by atoms with van der Waals surface area (Å²) >= 11 is 0. The molecule has 2 saturated heterocycles. The minimum absolute atomic E-state index is 0.340. The van der Waals surface area contributed by atoms with Gasteiger partial charge >= 0.3 is 0 Å². The van der Waals surface area contributed by atoms with Gasteiger partial charge in [0.2, 0.25) is 0 Å². The number of benzene rings is 1. The molecule has 2 fully saturated rings. The molecule has 3 atom stereocenters. The van der Waals surface area contributed by atoms with E-state index in [1.807, 2.05) is 0 Å². The van der Waals surface area contributed by atoms with Gasteiger partial charge in [-0.15, -0.1) is 0 Å². The van der Waals surface area contributed by atoms with Crippen LogP contribution in [0.25, 0.3) is 0 Å². The number of hydrogen-bond donors (Lipinski definition) is 1. The predicted octanol–water partition coefficient (Wildman–Crippen LogP) is 3.28. The maximum atomic E-state index is 5.57. The normalized spacial score (nSPS) is 27.4. The van der Waals surface area contributed by atoms with Gasteiger partial charge in [0, 0.05) is 30.2 Å². The van der Waals surface area contributed by atoms with Crippen molar-refractivity contribution in [3.63, 3.8) is 0 Å². The first-order valence-corrected chi connectivity index (χ1v) is 8.33.